The van der Waals surface area contributed by atoms with E-state index < -0.39 is 0 Å². The van der Waals surface area contributed by atoms with Gasteiger partial charge < -0.3 is 31.8 Å². The third kappa shape index (κ3) is 4.99. The van der Waals surface area contributed by atoms with Gasteiger partial charge in [0.15, 0.2) is 0 Å². The smallest absolute Gasteiger partial charge is 0.117 e. The van der Waals surface area contributed by atoms with Gasteiger partial charge in [-0.2, -0.15) is 0 Å². The standard InChI is InChI=1S/C16H22N2O2.2H3N/c1-2-8-16(18-12-14-6-4-10-20-14)15(7-1)17-11-13-5-3-9-19-13;;/h3-6,9-10,15-18H,1-2,7-8,11-12H2;2*1H3. The van der Waals surface area contributed by atoms with Crippen molar-refractivity contribution in [1.29, 1.82) is 0 Å². The maximum absolute atomic E-state index is 5.38. The SMILES string of the molecule is N.N.c1coc(CNC2CCCCC2NCc2ccco2)c1. The minimum absolute atomic E-state index is 0. The molecule has 6 heteroatoms. The van der Waals surface area contributed by atoms with Crippen molar-refractivity contribution < 1.29 is 8.83 Å². The van der Waals surface area contributed by atoms with Crippen molar-refractivity contribution in [3.8, 4) is 0 Å². The van der Waals surface area contributed by atoms with Gasteiger partial charge in [-0.1, -0.05) is 12.8 Å². The molecule has 1 fully saturated rings. The Morgan fingerprint density at radius 2 is 1.27 bits per heavy atom. The lowest BCUT2D eigenvalue weighted by molar-refractivity contribution is 0.270. The third-order valence-electron chi connectivity index (χ3n) is 4.00. The molecular formula is C16H28N4O2. The number of rotatable bonds is 6. The average Bonchev–Trinajstić information content (AvgIpc) is 3.17. The Hall–Kier alpha value is -1.60. The zero-order valence-corrected chi connectivity index (χ0v) is 13.1. The van der Waals surface area contributed by atoms with E-state index in [-0.39, 0.29) is 12.3 Å². The van der Waals surface area contributed by atoms with E-state index in [9.17, 15) is 0 Å². The fraction of sp³-hybridized carbons (Fsp3) is 0.500. The Morgan fingerprint density at radius 1 is 0.818 bits per heavy atom. The monoisotopic (exact) mass is 308 g/mol. The second-order valence-corrected chi connectivity index (χ2v) is 5.42. The molecule has 1 saturated carbocycles. The maximum atomic E-state index is 5.38. The van der Waals surface area contributed by atoms with Gasteiger partial charge in [0.25, 0.3) is 0 Å². The average molecular weight is 308 g/mol. The van der Waals surface area contributed by atoms with Crippen LogP contribution in [0.1, 0.15) is 37.2 Å². The van der Waals surface area contributed by atoms with Gasteiger partial charge in [0.2, 0.25) is 0 Å². The summed E-state index contributed by atoms with van der Waals surface area (Å²) >= 11 is 0. The van der Waals surface area contributed by atoms with E-state index in [0.717, 1.165) is 24.6 Å². The van der Waals surface area contributed by atoms with E-state index in [1.807, 2.05) is 24.3 Å². The zero-order chi connectivity index (χ0) is 13.6. The highest BCUT2D eigenvalue weighted by molar-refractivity contribution is 5.00. The van der Waals surface area contributed by atoms with Gasteiger partial charge in [0, 0.05) is 12.1 Å². The molecule has 2 atom stereocenters. The molecule has 3 rings (SSSR count). The van der Waals surface area contributed by atoms with Crippen molar-refractivity contribution in [3.63, 3.8) is 0 Å². The Balaban J connectivity index is 0.00000121. The van der Waals surface area contributed by atoms with Crippen LogP contribution in [0, 0.1) is 0 Å². The zero-order valence-electron chi connectivity index (χ0n) is 13.1. The molecule has 124 valence electrons. The molecule has 0 bridgehead atoms. The van der Waals surface area contributed by atoms with Crippen molar-refractivity contribution in [2.24, 2.45) is 0 Å². The largest absolute Gasteiger partial charge is 0.468 e. The van der Waals surface area contributed by atoms with Crippen molar-refractivity contribution in [2.75, 3.05) is 0 Å². The minimum Gasteiger partial charge on any atom is -0.468 e. The Kier molecular flexibility index (Phi) is 7.90. The molecule has 2 unspecified atom stereocenters. The van der Waals surface area contributed by atoms with Crippen LogP contribution in [0.5, 0.6) is 0 Å². The molecule has 8 N–H and O–H groups in total. The topological polar surface area (TPSA) is 120 Å². The third-order valence-corrected chi connectivity index (χ3v) is 4.00. The van der Waals surface area contributed by atoms with Crippen molar-refractivity contribution in [2.45, 2.75) is 50.9 Å². The number of nitrogens with one attached hydrogen (secondary N) is 2. The van der Waals surface area contributed by atoms with Crippen molar-refractivity contribution >= 4 is 0 Å². The van der Waals surface area contributed by atoms with Gasteiger partial charge in [-0.15, -0.1) is 0 Å². The lowest BCUT2D eigenvalue weighted by atomic mass is 9.90. The molecule has 6 nitrogen and oxygen atoms in total. The van der Waals surface area contributed by atoms with E-state index in [4.69, 9.17) is 8.83 Å². The Labute approximate surface area is 131 Å². The molecule has 22 heavy (non-hydrogen) atoms. The lowest BCUT2D eigenvalue weighted by Crippen LogP contribution is -2.49. The summed E-state index contributed by atoms with van der Waals surface area (Å²) < 4.78 is 10.8. The first-order valence-electron chi connectivity index (χ1n) is 7.43. The molecule has 1 aliphatic carbocycles. The first-order valence-corrected chi connectivity index (χ1v) is 7.43. The number of hydrogen-bond acceptors (Lipinski definition) is 6. The number of hydrogen-bond donors (Lipinski definition) is 4. The van der Waals surface area contributed by atoms with E-state index in [0.29, 0.717) is 12.1 Å². The first-order chi connectivity index (χ1) is 9.92. The van der Waals surface area contributed by atoms with Gasteiger partial charge in [-0.25, -0.2) is 0 Å². The minimum atomic E-state index is 0. The number of furan rings is 2. The van der Waals surface area contributed by atoms with Crippen LogP contribution in [0.3, 0.4) is 0 Å². The van der Waals surface area contributed by atoms with Crippen LogP contribution in [0.15, 0.2) is 45.6 Å². The molecular weight excluding hydrogens is 280 g/mol. The molecule has 2 aromatic heterocycles. The highest BCUT2D eigenvalue weighted by atomic mass is 16.3. The fourth-order valence-electron chi connectivity index (χ4n) is 2.91. The molecule has 1 aliphatic rings. The van der Waals surface area contributed by atoms with Crippen LogP contribution in [-0.2, 0) is 13.1 Å². The Bertz CT molecular complexity index is 438. The summed E-state index contributed by atoms with van der Waals surface area (Å²) in [4.78, 5) is 0. The van der Waals surface area contributed by atoms with Crippen LogP contribution in [0.2, 0.25) is 0 Å². The van der Waals surface area contributed by atoms with Gasteiger partial charge >= 0.3 is 0 Å². The molecule has 0 amide bonds. The van der Waals surface area contributed by atoms with Crippen LogP contribution in [-0.4, -0.2) is 12.1 Å². The lowest BCUT2D eigenvalue weighted by Gasteiger charge is -2.32. The molecule has 0 aromatic carbocycles. The van der Waals surface area contributed by atoms with Crippen LogP contribution in [0.4, 0.5) is 0 Å². The predicted octanol–water partition coefficient (Wildman–Crippen LogP) is 3.39. The molecule has 0 radical (unpaired) electrons. The second kappa shape index (κ2) is 9.42. The van der Waals surface area contributed by atoms with Crippen molar-refractivity contribution in [3.05, 3.63) is 48.3 Å². The van der Waals surface area contributed by atoms with Crippen molar-refractivity contribution in [1.82, 2.24) is 22.9 Å². The van der Waals surface area contributed by atoms with Gasteiger partial charge in [0.05, 0.1) is 25.6 Å². The first kappa shape index (κ1) is 18.4. The summed E-state index contributed by atoms with van der Waals surface area (Å²) in [6.45, 7) is 1.60. The summed E-state index contributed by atoms with van der Waals surface area (Å²) in [6.07, 6.45) is 8.49. The Morgan fingerprint density at radius 3 is 1.64 bits per heavy atom. The highest BCUT2D eigenvalue weighted by Crippen LogP contribution is 2.19. The summed E-state index contributed by atoms with van der Waals surface area (Å²) in [7, 11) is 0. The van der Waals surface area contributed by atoms with E-state index in [2.05, 4.69) is 10.6 Å². The normalized spacial score (nSPS) is 20.9. The molecule has 2 heterocycles. The quantitative estimate of drug-likeness (QED) is 0.649. The van der Waals surface area contributed by atoms with Gasteiger partial charge in [-0.05, 0) is 37.1 Å². The summed E-state index contributed by atoms with van der Waals surface area (Å²) in [5.74, 6) is 2.00. The molecule has 0 saturated heterocycles. The van der Waals surface area contributed by atoms with E-state index in [1.165, 1.54) is 25.7 Å². The molecule has 0 aliphatic heterocycles. The maximum Gasteiger partial charge on any atom is 0.117 e. The fourth-order valence-corrected chi connectivity index (χ4v) is 2.91. The molecule has 2 aromatic rings. The van der Waals surface area contributed by atoms with Gasteiger partial charge in [-0.3, -0.25) is 0 Å². The van der Waals surface area contributed by atoms with Crippen LogP contribution >= 0.6 is 0 Å². The summed E-state index contributed by atoms with van der Waals surface area (Å²) in [6, 6.07) is 8.91. The van der Waals surface area contributed by atoms with E-state index in [1.54, 1.807) is 12.5 Å². The highest BCUT2D eigenvalue weighted by Gasteiger charge is 2.24. The van der Waals surface area contributed by atoms with Crippen LogP contribution < -0.4 is 22.9 Å². The second-order valence-electron chi connectivity index (χ2n) is 5.42. The summed E-state index contributed by atoms with van der Waals surface area (Å²) in [5, 5.41) is 7.23. The van der Waals surface area contributed by atoms with Crippen LogP contribution in [0.25, 0.3) is 0 Å². The predicted molar refractivity (Wildman–Crippen MR) is 87.2 cm³/mol. The van der Waals surface area contributed by atoms with E-state index >= 15 is 0 Å². The summed E-state index contributed by atoms with van der Waals surface area (Å²) in [5.41, 5.74) is 0. The molecule has 0 spiro atoms. The van der Waals surface area contributed by atoms with Gasteiger partial charge in [0.1, 0.15) is 11.5 Å².